The van der Waals surface area contributed by atoms with E-state index in [-0.39, 0.29) is 11.5 Å². The zero-order valence-corrected chi connectivity index (χ0v) is 16.1. The predicted octanol–water partition coefficient (Wildman–Crippen LogP) is 5.38. The minimum atomic E-state index is -0.446. The topological polar surface area (TPSA) is 76.8 Å². The molecule has 29 heavy (non-hydrogen) atoms. The summed E-state index contributed by atoms with van der Waals surface area (Å²) in [6.07, 6.45) is 1.67. The van der Waals surface area contributed by atoms with Crippen molar-refractivity contribution < 1.29 is 14.1 Å². The molecule has 0 aromatic heterocycles. The van der Waals surface area contributed by atoms with E-state index >= 15 is 0 Å². The average Bonchev–Trinajstić information content (AvgIpc) is 2.69. The highest BCUT2D eigenvalue weighted by Gasteiger charge is 2.07. The zero-order chi connectivity index (χ0) is 20.8. The lowest BCUT2D eigenvalue weighted by molar-refractivity contribution is -0.384. The molecule has 0 heterocycles. The highest BCUT2D eigenvalue weighted by molar-refractivity contribution is 5.81. The van der Waals surface area contributed by atoms with Gasteiger partial charge < -0.3 is 4.74 Å². The molecule has 6 nitrogen and oxygen atoms in total. The predicted molar refractivity (Wildman–Crippen MR) is 111 cm³/mol. The number of rotatable bonds is 7. The summed E-state index contributed by atoms with van der Waals surface area (Å²) in [5.74, 6) is 0.516. The molecule has 148 valence electrons. The maximum atomic E-state index is 13.0. The number of nitrogens with one attached hydrogen (secondary N) is 1. The molecule has 0 aliphatic rings. The third kappa shape index (κ3) is 5.38. The molecule has 0 aliphatic heterocycles. The van der Waals surface area contributed by atoms with Gasteiger partial charge in [-0.3, -0.25) is 15.5 Å². The molecular formula is C22H20FN3O3. The van der Waals surface area contributed by atoms with Crippen molar-refractivity contribution in [2.24, 2.45) is 5.10 Å². The van der Waals surface area contributed by atoms with Gasteiger partial charge in [-0.2, -0.15) is 5.10 Å². The third-order valence-electron chi connectivity index (χ3n) is 4.26. The van der Waals surface area contributed by atoms with E-state index in [1.54, 1.807) is 30.5 Å². The van der Waals surface area contributed by atoms with Crippen molar-refractivity contribution in [3.05, 3.63) is 98.8 Å². The van der Waals surface area contributed by atoms with E-state index in [4.69, 9.17) is 4.74 Å². The number of aryl methyl sites for hydroxylation is 2. The van der Waals surface area contributed by atoms with E-state index in [2.05, 4.69) is 10.5 Å². The van der Waals surface area contributed by atoms with Gasteiger partial charge in [0.15, 0.2) is 0 Å². The Bertz CT molecular complexity index is 1010. The van der Waals surface area contributed by atoms with Gasteiger partial charge in [0.1, 0.15) is 18.2 Å². The van der Waals surface area contributed by atoms with Crippen molar-refractivity contribution in [2.75, 3.05) is 5.43 Å². The Morgan fingerprint density at radius 3 is 2.28 bits per heavy atom. The van der Waals surface area contributed by atoms with Gasteiger partial charge in [-0.1, -0.05) is 12.1 Å². The van der Waals surface area contributed by atoms with E-state index in [1.807, 2.05) is 26.0 Å². The monoisotopic (exact) mass is 393 g/mol. The van der Waals surface area contributed by atoms with Gasteiger partial charge >= 0.3 is 0 Å². The van der Waals surface area contributed by atoms with Gasteiger partial charge in [0.25, 0.3) is 5.69 Å². The highest BCUT2D eigenvalue weighted by Crippen LogP contribution is 2.25. The molecule has 0 atom stereocenters. The summed E-state index contributed by atoms with van der Waals surface area (Å²) in [4.78, 5) is 10.2. The molecule has 1 N–H and O–H groups in total. The molecule has 3 aromatic carbocycles. The van der Waals surface area contributed by atoms with Crippen LogP contribution in [-0.2, 0) is 6.61 Å². The molecule has 3 aromatic rings. The van der Waals surface area contributed by atoms with Crippen LogP contribution in [0, 0.1) is 29.8 Å². The molecule has 0 bridgehead atoms. The summed E-state index contributed by atoms with van der Waals surface area (Å²) in [7, 11) is 0. The Hall–Kier alpha value is -3.74. The van der Waals surface area contributed by atoms with Crippen LogP contribution in [-0.4, -0.2) is 11.1 Å². The van der Waals surface area contributed by atoms with Gasteiger partial charge in [0.2, 0.25) is 0 Å². The molecule has 0 aliphatic carbocycles. The van der Waals surface area contributed by atoms with Crippen molar-refractivity contribution in [1.82, 2.24) is 0 Å². The second kappa shape index (κ2) is 8.97. The van der Waals surface area contributed by atoms with Crippen LogP contribution in [0.5, 0.6) is 5.75 Å². The van der Waals surface area contributed by atoms with Crippen LogP contribution in [0.2, 0.25) is 0 Å². The van der Waals surface area contributed by atoms with E-state index < -0.39 is 4.92 Å². The zero-order valence-electron chi connectivity index (χ0n) is 16.1. The van der Waals surface area contributed by atoms with E-state index in [9.17, 15) is 14.5 Å². The van der Waals surface area contributed by atoms with Crippen LogP contribution >= 0.6 is 0 Å². The number of nitrogens with zero attached hydrogens (tertiary/aromatic N) is 2. The van der Waals surface area contributed by atoms with Crippen molar-refractivity contribution in [1.29, 1.82) is 0 Å². The van der Waals surface area contributed by atoms with Crippen LogP contribution in [0.4, 0.5) is 15.8 Å². The van der Waals surface area contributed by atoms with Crippen molar-refractivity contribution in [3.8, 4) is 5.75 Å². The number of nitro groups is 1. The quantitative estimate of drug-likeness (QED) is 0.332. The molecule has 0 fully saturated rings. The van der Waals surface area contributed by atoms with Gasteiger partial charge in [-0.05, 0) is 72.5 Å². The van der Waals surface area contributed by atoms with Crippen LogP contribution in [0.1, 0.15) is 22.3 Å². The Kier molecular flexibility index (Phi) is 6.19. The van der Waals surface area contributed by atoms with Crippen molar-refractivity contribution in [2.45, 2.75) is 20.5 Å². The summed E-state index contributed by atoms with van der Waals surface area (Å²) in [6, 6.07) is 16.2. The maximum Gasteiger partial charge on any atom is 0.269 e. The number of hydrogen-bond acceptors (Lipinski definition) is 5. The molecule has 0 unspecified atom stereocenters. The minimum Gasteiger partial charge on any atom is -0.488 e. The molecule has 0 amide bonds. The lowest BCUT2D eigenvalue weighted by Gasteiger charge is -2.13. The smallest absolute Gasteiger partial charge is 0.269 e. The number of ether oxygens (including phenoxy) is 1. The van der Waals surface area contributed by atoms with Crippen LogP contribution in [0.3, 0.4) is 0 Å². The molecule has 0 spiro atoms. The second-order valence-electron chi connectivity index (χ2n) is 6.57. The number of benzene rings is 3. The van der Waals surface area contributed by atoms with E-state index in [0.717, 1.165) is 28.0 Å². The lowest BCUT2D eigenvalue weighted by Crippen LogP contribution is -2.00. The van der Waals surface area contributed by atoms with Crippen LogP contribution < -0.4 is 10.2 Å². The summed E-state index contributed by atoms with van der Waals surface area (Å²) >= 11 is 0. The van der Waals surface area contributed by atoms with Crippen LogP contribution in [0.15, 0.2) is 65.8 Å². The first-order chi connectivity index (χ1) is 13.9. The number of hydrazone groups is 1. The first-order valence-electron chi connectivity index (χ1n) is 8.94. The van der Waals surface area contributed by atoms with Crippen molar-refractivity contribution in [3.63, 3.8) is 0 Å². The number of anilines is 1. The SMILES string of the molecule is Cc1cc(/C=N/Nc2ccc([N+](=O)[O-])cc2)cc(C)c1OCc1ccc(F)cc1. The largest absolute Gasteiger partial charge is 0.488 e. The maximum absolute atomic E-state index is 13.0. The number of nitro benzene ring substituents is 1. The highest BCUT2D eigenvalue weighted by atomic mass is 19.1. The number of non-ortho nitro benzene ring substituents is 1. The Morgan fingerprint density at radius 1 is 1.07 bits per heavy atom. The molecule has 3 rings (SSSR count). The number of halogens is 1. The average molecular weight is 393 g/mol. The Labute approximate surface area is 167 Å². The summed E-state index contributed by atoms with van der Waals surface area (Å²) < 4.78 is 18.9. The Balaban J connectivity index is 1.64. The fourth-order valence-electron chi connectivity index (χ4n) is 2.86. The molecule has 7 heteroatoms. The standard InChI is InChI=1S/C22H20FN3O3/c1-15-11-18(13-24-25-20-7-9-21(10-8-20)26(27)28)12-16(2)22(15)29-14-17-3-5-19(23)6-4-17/h3-13,25H,14H2,1-2H3/b24-13+. The van der Waals surface area contributed by atoms with E-state index in [0.29, 0.717) is 12.3 Å². The fourth-order valence-corrected chi connectivity index (χ4v) is 2.86. The lowest BCUT2D eigenvalue weighted by atomic mass is 10.1. The molecular weight excluding hydrogens is 373 g/mol. The number of hydrogen-bond donors (Lipinski definition) is 1. The normalized spacial score (nSPS) is 10.9. The van der Waals surface area contributed by atoms with Crippen molar-refractivity contribution >= 4 is 17.6 Å². The van der Waals surface area contributed by atoms with Gasteiger partial charge in [0.05, 0.1) is 16.8 Å². The molecule has 0 saturated carbocycles. The van der Waals surface area contributed by atoms with Crippen LogP contribution in [0.25, 0.3) is 0 Å². The van der Waals surface area contributed by atoms with Gasteiger partial charge in [-0.25, -0.2) is 4.39 Å². The third-order valence-corrected chi connectivity index (χ3v) is 4.26. The first kappa shape index (κ1) is 20.0. The van der Waals surface area contributed by atoms with Gasteiger partial charge in [-0.15, -0.1) is 0 Å². The summed E-state index contributed by atoms with van der Waals surface area (Å²) in [6.45, 7) is 4.26. The molecule has 0 saturated heterocycles. The minimum absolute atomic E-state index is 0.0296. The second-order valence-corrected chi connectivity index (χ2v) is 6.57. The first-order valence-corrected chi connectivity index (χ1v) is 8.94. The summed E-state index contributed by atoms with van der Waals surface area (Å²) in [5, 5.41) is 14.9. The molecule has 0 radical (unpaired) electrons. The fraction of sp³-hybridized carbons (Fsp3) is 0.136. The Morgan fingerprint density at radius 2 is 1.69 bits per heavy atom. The summed E-state index contributed by atoms with van der Waals surface area (Å²) in [5.41, 5.74) is 7.24. The van der Waals surface area contributed by atoms with Gasteiger partial charge in [0, 0.05) is 12.1 Å². The van der Waals surface area contributed by atoms with E-state index in [1.165, 1.54) is 24.3 Å².